The fourth-order valence-electron chi connectivity index (χ4n) is 1.72. The molecule has 0 atom stereocenters. The van der Waals surface area contributed by atoms with Gasteiger partial charge in [-0.1, -0.05) is 18.2 Å². The lowest BCUT2D eigenvalue weighted by atomic mass is 10.1. The molecule has 2 aromatic rings. The molecule has 0 spiro atoms. The standard InChI is InChI=1S/C14H11F3N2O.ClH/c1-9-5-4-8-12(18-9)19-13(20)10-6-2-3-7-11(10)14(15,16)17;/h2-8H,1H3,(H,18,19,20);1H. The number of anilines is 1. The lowest BCUT2D eigenvalue weighted by molar-refractivity contribution is -0.137. The van der Waals surface area contributed by atoms with E-state index >= 15 is 0 Å². The predicted molar refractivity (Wildman–Crippen MR) is 75.6 cm³/mol. The zero-order chi connectivity index (χ0) is 14.8. The van der Waals surface area contributed by atoms with Crippen LogP contribution >= 0.6 is 12.4 Å². The Morgan fingerprint density at radius 1 is 1.10 bits per heavy atom. The lowest BCUT2D eigenvalue weighted by Gasteiger charge is -2.12. The van der Waals surface area contributed by atoms with E-state index in [1.165, 1.54) is 18.2 Å². The van der Waals surface area contributed by atoms with Crippen molar-refractivity contribution in [3.8, 4) is 0 Å². The van der Waals surface area contributed by atoms with E-state index in [-0.39, 0.29) is 18.2 Å². The Bertz CT molecular complexity index is 644. The van der Waals surface area contributed by atoms with Crippen molar-refractivity contribution in [1.29, 1.82) is 0 Å². The van der Waals surface area contributed by atoms with E-state index in [0.717, 1.165) is 12.1 Å². The normalized spacial score (nSPS) is 10.7. The number of nitrogens with one attached hydrogen (secondary N) is 1. The molecule has 1 aromatic heterocycles. The van der Waals surface area contributed by atoms with Gasteiger partial charge in [0.15, 0.2) is 0 Å². The maximum Gasteiger partial charge on any atom is 0.417 e. The fraction of sp³-hybridized carbons (Fsp3) is 0.143. The molecule has 1 N–H and O–H groups in total. The summed E-state index contributed by atoms with van der Waals surface area (Å²) in [4.78, 5) is 16.0. The van der Waals surface area contributed by atoms with Crippen molar-refractivity contribution >= 4 is 24.1 Å². The summed E-state index contributed by atoms with van der Waals surface area (Å²) in [5.74, 6) is -0.622. The molecule has 0 aliphatic heterocycles. The van der Waals surface area contributed by atoms with Gasteiger partial charge in [0.05, 0.1) is 11.1 Å². The highest BCUT2D eigenvalue weighted by Crippen LogP contribution is 2.32. The van der Waals surface area contributed by atoms with Crippen LogP contribution in [0.4, 0.5) is 19.0 Å². The van der Waals surface area contributed by atoms with Crippen LogP contribution in [-0.4, -0.2) is 10.9 Å². The second-order valence-electron chi connectivity index (χ2n) is 4.16. The van der Waals surface area contributed by atoms with Crippen LogP contribution in [0.15, 0.2) is 42.5 Å². The maximum absolute atomic E-state index is 12.8. The van der Waals surface area contributed by atoms with Crippen LogP contribution in [-0.2, 0) is 6.18 Å². The predicted octanol–water partition coefficient (Wildman–Crippen LogP) is 4.08. The number of hydrogen-bond acceptors (Lipinski definition) is 2. The first-order valence-corrected chi connectivity index (χ1v) is 5.79. The number of pyridine rings is 1. The van der Waals surface area contributed by atoms with Crippen LogP contribution in [0, 0.1) is 6.92 Å². The Labute approximate surface area is 125 Å². The Morgan fingerprint density at radius 3 is 2.38 bits per heavy atom. The molecule has 1 amide bonds. The van der Waals surface area contributed by atoms with Gasteiger partial charge in [0, 0.05) is 5.69 Å². The highest BCUT2D eigenvalue weighted by atomic mass is 35.5. The highest BCUT2D eigenvalue weighted by Gasteiger charge is 2.34. The molecule has 0 aliphatic rings. The molecule has 0 aliphatic carbocycles. The Balaban J connectivity index is 0.00000220. The van der Waals surface area contributed by atoms with E-state index in [1.807, 2.05) is 0 Å². The third kappa shape index (κ3) is 4.19. The van der Waals surface area contributed by atoms with E-state index < -0.39 is 23.2 Å². The number of nitrogens with zero attached hydrogens (tertiary/aromatic N) is 1. The number of carbonyl (C=O) groups excluding carboxylic acids is 1. The van der Waals surface area contributed by atoms with Gasteiger partial charge in [-0.2, -0.15) is 13.2 Å². The number of benzene rings is 1. The quantitative estimate of drug-likeness (QED) is 0.907. The SMILES string of the molecule is Cc1cccc(NC(=O)c2ccccc2C(F)(F)F)n1.Cl. The van der Waals surface area contributed by atoms with Crippen molar-refractivity contribution < 1.29 is 18.0 Å². The highest BCUT2D eigenvalue weighted by molar-refractivity contribution is 6.04. The summed E-state index contributed by atoms with van der Waals surface area (Å²) in [6.07, 6.45) is -4.58. The van der Waals surface area contributed by atoms with Crippen molar-refractivity contribution in [3.05, 3.63) is 59.3 Å². The average Bonchev–Trinajstić information content (AvgIpc) is 2.37. The molecular weight excluding hydrogens is 305 g/mol. The third-order valence-corrected chi connectivity index (χ3v) is 2.61. The molecule has 1 heterocycles. The second kappa shape index (κ2) is 6.58. The summed E-state index contributed by atoms with van der Waals surface area (Å²) in [7, 11) is 0. The number of alkyl halides is 3. The van der Waals surface area contributed by atoms with Crippen LogP contribution in [0.25, 0.3) is 0 Å². The number of rotatable bonds is 2. The minimum atomic E-state index is -4.58. The van der Waals surface area contributed by atoms with E-state index in [9.17, 15) is 18.0 Å². The Hall–Kier alpha value is -2.08. The molecule has 1 aromatic carbocycles. The average molecular weight is 317 g/mol. The van der Waals surface area contributed by atoms with E-state index in [1.54, 1.807) is 19.1 Å². The van der Waals surface area contributed by atoms with Gasteiger partial charge in [0.25, 0.3) is 5.91 Å². The van der Waals surface area contributed by atoms with Crippen LogP contribution in [0.5, 0.6) is 0 Å². The first kappa shape index (κ1) is 17.0. The molecular formula is C14H12ClF3N2O. The van der Waals surface area contributed by atoms with Crippen LogP contribution in [0.3, 0.4) is 0 Å². The van der Waals surface area contributed by atoms with E-state index in [4.69, 9.17) is 0 Å². The van der Waals surface area contributed by atoms with Gasteiger partial charge >= 0.3 is 6.18 Å². The summed E-state index contributed by atoms with van der Waals surface area (Å²) in [6, 6.07) is 9.53. The Morgan fingerprint density at radius 2 is 1.76 bits per heavy atom. The van der Waals surface area contributed by atoms with Gasteiger partial charge in [-0.25, -0.2) is 4.98 Å². The number of carbonyl (C=O) groups is 1. The van der Waals surface area contributed by atoms with E-state index in [0.29, 0.717) is 5.69 Å². The van der Waals surface area contributed by atoms with Gasteiger partial charge < -0.3 is 5.32 Å². The summed E-state index contributed by atoms with van der Waals surface area (Å²) in [5, 5.41) is 2.36. The molecule has 0 fully saturated rings. The van der Waals surface area contributed by atoms with Gasteiger partial charge in [-0.05, 0) is 31.2 Å². The molecule has 21 heavy (non-hydrogen) atoms. The maximum atomic E-state index is 12.8. The minimum absolute atomic E-state index is 0. The van der Waals surface area contributed by atoms with Crippen LogP contribution in [0.2, 0.25) is 0 Å². The number of aromatic nitrogens is 1. The van der Waals surface area contributed by atoms with E-state index in [2.05, 4.69) is 10.3 Å². The van der Waals surface area contributed by atoms with Crippen molar-refractivity contribution in [1.82, 2.24) is 4.98 Å². The molecule has 7 heteroatoms. The molecule has 0 saturated heterocycles. The zero-order valence-corrected chi connectivity index (χ0v) is 11.8. The van der Waals surface area contributed by atoms with Gasteiger partial charge in [0.2, 0.25) is 0 Å². The van der Waals surface area contributed by atoms with Crippen LogP contribution in [0.1, 0.15) is 21.6 Å². The molecule has 0 bridgehead atoms. The summed E-state index contributed by atoms with van der Waals surface area (Å²) >= 11 is 0. The largest absolute Gasteiger partial charge is 0.417 e. The van der Waals surface area contributed by atoms with Crippen molar-refractivity contribution in [2.24, 2.45) is 0 Å². The first-order valence-electron chi connectivity index (χ1n) is 5.79. The molecule has 0 unspecified atom stereocenters. The molecule has 112 valence electrons. The number of halogens is 4. The number of aryl methyl sites for hydroxylation is 1. The molecule has 3 nitrogen and oxygen atoms in total. The van der Waals surface area contributed by atoms with Crippen molar-refractivity contribution in [2.75, 3.05) is 5.32 Å². The van der Waals surface area contributed by atoms with Crippen molar-refractivity contribution in [2.45, 2.75) is 13.1 Å². The lowest BCUT2D eigenvalue weighted by Crippen LogP contribution is -2.19. The molecule has 2 rings (SSSR count). The fourth-order valence-corrected chi connectivity index (χ4v) is 1.72. The molecule has 0 saturated carbocycles. The first-order chi connectivity index (χ1) is 9.38. The third-order valence-electron chi connectivity index (χ3n) is 2.61. The topological polar surface area (TPSA) is 42.0 Å². The second-order valence-corrected chi connectivity index (χ2v) is 4.16. The number of hydrogen-bond donors (Lipinski definition) is 1. The summed E-state index contributed by atoms with van der Waals surface area (Å²) in [5.41, 5.74) is -0.736. The monoisotopic (exact) mass is 316 g/mol. The van der Waals surface area contributed by atoms with Crippen molar-refractivity contribution in [3.63, 3.8) is 0 Å². The van der Waals surface area contributed by atoms with Gasteiger partial charge in [-0.15, -0.1) is 12.4 Å². The smallest absolute Gasteiger partial charge is 0.307 e. The minimum Gasteiger partial charge on any atom is -0.307 e. The zero-order valence-electron chi connectivity index (χ0n) is 10.9. The van der Waals surface area contributed by atoms with Gasteiger partial charge in [0.1, 0.15) is 5.82 Å². The summed E-state index contributed by atoms with van der Waals surface area (Å²) in [6.45, 7) is 1.72. The Kier molecular flexibility index (Phi) is 5.32. The molecule has 0 radical (unpaired) electrons. The van der Waals surface area contributed by atoms with Crippen LogP contribution < -0.4 is 5.32 Å². The summed E-state index contributed by atoms with van der Waals surface area (Å²) < 4.78 is 38.4. The van der Waals surface area contributed by atoms with Gasteiger partial charge in [-0.3, -0.25) is 4.79 Å². The number of amides is 1.